The molecule has 0 bridgehead atoms. The number of carbonyl (C=O) groups excluding carboxylic acids is 1. The highest BCUT2D eigenvalue weighted by atomic mass is 16.4. The zero-order valence-electron chi connectivity index (χ0n) is 12.2. The van der Waals surface area contributed by atoms with Crippen LogP contribution >= 0.6 is 0 Å². The molecule has 1 amide bonds. The second-order valence-corrected chi connectivity index (χ2v) is 5.18. The third kappa shape index (κ3) is 4.30. The Morgan fingerprint density at radius 3 is 2.50 bits per heavy atom. The first-order valence-electron chi connectivity index (χ1n) is 7.21. The highest BCUT2D eigenvalue weighted by Crippen LogP contribution is 2.16. The fourth-order valence-corrected chi connectivity index (χ4v) is 2.30. The van der Waals surface area contributed by atoms with Crippen LogP contribution < -0.4 is 5.32 Å². The molecule has 0 radical (unpaired) electrons. The zero-order valence-corrected chi connectivity index (χ0v) is 12.2. The molecule has 0 fully saturated rings. The molecular weight excluding hydrogens is 282 g/mol. The molecule has 0 saturated heterocycles. The van der Waals surface area contributed by atoms with Gasteiger partial charge in [0, 0.05) is 6.42 Å². The van der Waals surface area contributed by atoms with Crippen LogP contribution in [0.4, 0.5) is 0 Å². The van der Waals surface area contributed by atoms with Gasteiger partial charge in [-0.3, -0.25) is 4.79 Å². The van der Waals surface area contributed by atoms with Crippen molar-refractivity contribution in [3.63, 3.8) is 0 Å². The summed E-state index contributed by atoms with van der Waals surface area (Å²) in [5.41, 5.74) is 1.14. The van der Waals surface area contributed by atoms with Crippen LogP contribution in [0.1, 0.15) is 18.4 Å². The van der Waals surface area contributed by atoms with Crippen molar-refractivity contribution in [2.24, 2.45) is 0 Å². The molecule has 0 saturated carbocycles. The van der Waals surface area contributed by atoms with Crippen molar-refractivity contribution in [3.8, 4) is 0 Å². The lowest BCUT2D eigenvalue weighted by molar-refractivity contribution is -0.142. The summed E-state index contributed by atoms with van der Waals surface area (Å²) in [5.74, 6) is -1.59. The molecule has 1 unspecified atom stereocenters. The Balaban J connectivity index is 1.84. The summed E-state index contributed by atoms with van der Waals surface area (Å²) in [6, 6.07) is 13.0. The first-order valence-corrected chi connectivity index (χ1v) is 7.21. The molecule has 0 aliphatic rings. The predicted octanol–water partition coefficient (Wildman–Crippen LogP) is 1.72. The molecule has 2 rings (SSSR count). The molecule has 2 aromatic rings. The second kappa shape index (κ2) is 7.56. The molecule has 0 aliphatic carbocycles. The Bertz CT molecular complexity index is 669. The number of nitrogens with one attached hydrogen (secondary N) is 1. The van der Waals surface area contributed by atoms with Gasteiger partial charge in [0.2, 0.25) is 5.91 Å². The van der Waals surface area contributed by atoms with E-state index in [0.29, 0.717) is 6.42 Å². The SMILES string of the molecule is O=C(CCCc1ccc2ccccc2c1)NC(CO)C(=O)O. The van der Waals surface area contributed by atoms with E-state index < -0.39 is 18.6 Å². The number of aliphatic hydroxyl groups excluding tert-OH is 1. The Morgan fingerprint density at radius 2 is 1.82 bits per heavy atom. The van der Waals surface area contributed by atoms with Gasteiger partial charge in [0.15, 0.2) is 0 Å². The van der Waals surface area contributed by atoms with Crippen molar-refractivity contribution in [1.82, 2.24) is 5.32 Å². The monoisotopic (exact) mass is 301 g/mol. The van der Waals surface area contributed by atoms with Gasteiger partial charge in [-0.1, -0.05) is 42.5 Å². The number of aliphatic carboxylic acids is 1. The smallest absolute Gasteiger partial charge is 0.328 e. The van der Waals surface area contributed by atoms with E-state index >= 15 is 0 Å². The Labute approximate surface area is 128 Å². The minimum absolute atomic E-state index is 0.233. The van der Waals surface area contributed by atoms with Gasteiger partial charge in [-0.2, -0.15) is 0 Å². The van der Waals surface area contributed by atoms with E-state index in [1.807, 2.05) is 30.3 Å². The zero-order chi connectivity index (χ0) is 15.9. The van der Waals surface area contributed by atoms with E-state index in [0.717, 1.165) is 17.4 Å². The number of fused-ring (bicyclic) bond motifs is 1. The van der Waals surface area contributed by atoms with Gasteiger partial charge < -0.3 is 15.5 Å². The van der Waals surface area contributed by atoms with Crippen molar-refractivity contribution in [2.75, 3.05) is 6.61 Å². The van der Waals surface area contributed by atoms with Crippen molar-refractivity contribution < 1.29 is 19.8 Å². The molecule has 0 spiro atoms. The van der Waals surface area contributed by atoms with E-state index in [1.165, 1.54) is 5.39 Å². The van der Waals surface area contributed by atoms with E-state index in [4.69, 9.17) is 10.2 Å². The van der Waals surface area contributed by atoms with Crippen LogP contribution in [-0.2, 0) is 16.0 Å². The number of rotatable bonds is 7. The number of hydrogen-bond donors (Lipinski definition) is 3. The lowest BCUT2D eigenvalue weighted by atomic mass is 10.0. The summed E-state index contributed by atoms with van der Waals surface area (Å²) in [4.78, 5) is 22.3. The number of carbonyl (C=O) groups is 2. The maximum absolute atomic E-state index is 11.6. The summed E-state index contributed by atoms with van der Waals surface area (Å²) in [7, 11) is 0. The molecule has 22 heavy (non-hydrogen) atoms. The first-order chi connectivity index (χ1) is 10.6. The highest BCUT2D eigenvalue weighted by molar-refractivity contribution is 5.84. The van der Waals surface area contributed by atoms with Crippen LogP contribution in [0.3, 0.4) is 0 Å². The molecule has 116 valence electrons. The Morgan fingerprint density at radius 1 is 1.09 bits per heavy atom. The fourth-order valence-electron chi connectivity index (χ4n) is 2.30. The largest absolute Gasteiger partial charge is 0.480 e. The van der Waals surface area contributed by atoms with Gasteiger partial charge in [0.1, 0.15) is 6.04 Å². The Hall–Kier alpha value is -2.40. The number of amides is 1. The number of benzene rings is 2. The maximum atomic E-state index is 11.6. The van der Waals surface area contributed by atoms with Crippen LogP contribution in [0, 0.1) is 0 Å². The number of aliphatic hydroxyl groups is 1. The van der Waals surface area contributed by atoms with Gasteiger partial charge in [-0.15, -0.1) is 0 Å². The molecule has 3 N–H and O–H groups in total. The number of carboxylic acids is 1. The molecule has 2 aromatic carbocycles. The van der Waals surface area contributed by atoms with Crippen LogP contribution in [-0.4, -0.2) is 34.7 Å². The quantitative estimate of drug-likeness (QED) is 0.727. The van der Waals surface area contributed by atoms with Crippen molar-refractivity contribution >= 4 is 22.6 Å². The van der Waals surface area contributed by atoms with Gasteiger partial charge >= 0.3 is 5.97 Å². The molecular formula is C17H19NO4. The minimum atomic E-state index is -1.23. The van der Waals surface area contributed by atoms with E-state index in [2.05, 4.69) is 17.4 Å². The van der Waals surface area contributed by atoms with Gasteiger partial charge in [-0.05, 0) is 29.2 Å². The van der Waals surface area contributed by atoms with Crippen LogP contribution in [0.5, 0.6) is 0 Å². The second-order valence-electron chi connectivity index (χ2n) is 5.18. The lowest BCUT2D eigenvalue weighted by Gasteiger charge is -2.11. The minimum Gasteiger partial charge on any atom is -0.480 e. The van der Waals surface area contributed by atoms with Crippen molar-refractivity contribution in [1.29, 1.82) is 0 Å². The molecule has 1 atom stereocenters. The summed E-state index contributed by atoms with van der Waals surface area (Å²) in [6.07, 6.45) is 1.60. The third-order valence-corrected chi connectivity index (χ3v) is 3.50. The van der Waals surface area contributed by atoms with Crippen molar-refractivity contribution in [2.45, 2.75) is 25.3 Å². The van der Waals surface area contributed by atoms with Gasteiger partial charge in [0.25, 0.3) is 0 Å². The predicted molar refractivity (Wildman–Crippen MR) is 83.5 cm³/mol. The topological polar surface area (TPSA) is 86.6 Å². The lowest BCUT2D eigenvalue weighted by Crippen LogP contribution is -2.43. The van der Waals surface area contributed by atoms with Gasteiger partial charge in [-0.25, -0.2) is 4.79 Å². The summed E-state index contributed by atoms with van der Waals surface area (Å²) in [5, 5.41) is 22.2. The maximum Gasteiger partial charge on any atom is 0.328 e. The summed E-state index contributed by atoms with van der Waals surface area (Å²) in [6.45, 7) is -0.605. The van der Waals surface area contributed by atoms with E-state index in [-0.39, 0.29) is 12.3 Å². The van der Waals surface area contributed by atoms with E-state index in [1.54, 1.807) is 0 Å². The van der Waals surface area contributed by atoms with Crippen LogP contribution in [0.2, 0.25) is 0 Å². The van der Waals surface area contributed by atoms with Gasteiger partial charge in [0.05, 0.1) is 6.61 Å². The fraction of sp³-hybridized carbons (Fsp3) is 0.294. The average molecular weight is 301 g/mol. The summed E-state index contributed by atoms with van der Waals surface area (Å²) < 4.78 is 0. The highest BCUT2D eigenvalue weighted by Gasteiger charge is 2.18. The number of hydrogen-bond acceptors (Lipinski definition) is 3. The molecule has 0 aliphatic heterocycles. The average Bonchev–Trinajstić information content (AvgIpc) is 2.52. The molecule has 5 heteroatoms. The molecule has 5 nitrogen and oxygen atoms in total. The van der Waals surface area contributed by atoms with Crippen molar-refractivity contribution in [3.05, 3.63) is 48.0 Å². The molecule has 0 heterocycles. The van der Waals surface area contributed by atoms with Crippen LogP contribution in [0.25, 0.3) is 10.8 Å². The number of carboxylic acid groups (broad SMARTS) is 1. The number of aryl methyl sites for hydroxylation is 1. The van der Waals surface area contributed by atoms with Crippen LogP contribution in [0.15, 0.2) is 42.5 Å². The summed E-state index contributed by atoms with van der Waals surface area (Å²) >= 11 is 0. The van der Waals surface area contributed by atoms with E-state index in [9.17, 15) is 9.59 Å². The standard InChI is InChI=1S/C17H19NO4/c19-11-15(17(21)22)18-16(20)7-3-4-12-8-9-13-5-1-2-6-14(13)10-12/h1-2,5-6,8-10,15,19H,3-4,7,11H2,(H,18,20)(H,21,22). The normalized spacial score (nSPS) is 12.0. The Kier molecular flexibility index (Phi) is 5.49. The third-order valence-electron chi connectivity index (χ3n) is 3.50. The molecule has 0 aromatic heterocycles. The first kappa shape index (κ1) is 16.0.